The summed E-state index contributed by atoms with van der Waals surface area (Å²) in [4.78, 5) is 75.9. The van der Waals surface area contributed by atoms with E-state index in [-0.39, 0.29) is 29.4 Å². The van der Waals surface area contributed by atoms with Gasteiger partial charge in [-0.3, -0.25) is 60.7 Å². The van der Waals surface area contributed by atoms with E-state index in [2.05, 4.69) is 75.4 Å². The molecule has 2 aliphatic heterocycles. The van der Waals surface area contributed by atoms with Crippen LogP contribution in [0, 0.1) is 0 Å². The summed E-state index contributed by atoms with van der Waals surface area (Å²) >= 11 is 0. The second-order valence-electron chi connectivity index (χ2n) is 21.6. The average molecular weight is 1200 g/mol. The molecule has 11 N–H and O–H groups in total. The van der Waals surface area contributed by atoms with Crippen molar-refractivity contribution >= 4 is 59.1 Å². The standard InChI is InChI=1S/3C16H14O3.C12H27N5.C7H13N3.CH5N3/c3*1-11(16(18)19)13-8-5-9-14(10-13)15(17)12-6-3-2-4-7-12;1-9(2)13-11(14-10(3)4)15-12(16(5)6)17(7)8;1-3-8-7-9-4-2-6-10(7)5-1;2-1(3)4/h3*2-11H,1H3,(H,18,19);9-10H,1-8H3,(H,13,14);1-6H2,(H,8,9);(H5,2,3,4)/p+1. The lowest BCUT2D eigenvalue weighted by Crippen LogP contribution is -2.52. The first-order chi connectivity index (χ1) is 41.7. The van der Waals surface area contributed by atoms with Crippen molar-refractivity contribution in [2.24, 2.45) is 16.5 Å². The Hall–Kier alpha value is -9.98. The quantitative estimate of drug-likeness (QED) is 0.0335. The average Bonchev–Trinajstić information content (AvgIpc) is 3.73. The molecule has 3 atom stereocenters. The number of hydrogen-bond donors (Lipinski definition) is 8. The van der Waals surface area contributed by atoms with Crippen LogP contribution in [0.5, 0.6) is 0 Å². The minimum Gasteiger partial charge on any atom is -0.550 e. The number of nitrogens with one attached hydrogen (secondary N) is 4. The number of rotatable bonds is 14. The highest BCUT2D eigenvalue weighted by Gasteiger charge is 2.21. The van der Waals surface area contributed by atoms with Gasteiger partial charge in [0.2, 0.25) is 0 Å². The molecule has 0 saturated heterocycles. The molecule has 3 unspecified atom stereocenters. The van der Waals surface area contributed by atoms with Gasteiger partial charge in [0.05, 0.1) is 60.3 Å². The van der Waals surface area contributed by atoms with Gasteiger partial charge in [0, 0.05) is 82.1 Å². The number of ketones is 3. The molecule has 6 aromatic rings. The molecule has 20 nitrogen and oxygen atoms in total. The minimum atomic E-state index is -1.15. The highest BCUT2D eigenvalue weighted by Crippen LogP contribution is 2.21. The van der Waals surface area contributed by atoms with E-state index >= 15 is 0 Å². The Bertz CT molecular complexity index is 3040. The molecular weight excluding hydrogens is 1110 g/mol. The third-order valence-corrected chi connectivity index (χ3v) is 13.1. The molecule has 0 aliphatic carbocycles. The van der Waals surface area contributed by atoms with Crippen molar-refractivity contribution < 1.29 is 58.6 Å². The van der Waals surface area contributed by atoms with E-state index in [1.165, 1.54) is 31.9 Å². The number of carbonyl (C=O) groups is 6. The van der Waals surface area contributed by atoms with Gasteiger partial charge in [-0.1, -0.05) is 159 Å². The molecule has 468 valence electrons. The lowest BCUT2D eigenvalue weighted by atomic mass is 9.96. The number of aliphatic imine (C=N–C) groups is 1. The van der Waals surface area contributed by atoms with Crippen LogP contribution >= 0.6 is 0 Å². The monoisotopic (exact) mass is 1200 g/mol. The van der Waals surface area contributed by atoms with E-state index in [9.17, 15) is 39.0 Å². The number of aliphatic carboxylic acids is 3. The molecule has 0 radical (unpaired) electrons. The van der Waals surface area contributed by atoms with Gasteiger partial charge in [-0.25, -0.2) is 10.3 Å². The number of carboxylic acids is 3. The van der Waals surface area contributed by atoms with Gasteiger partial charge >= 0.3 is 23.8 Å². The lowest BCUT2D eigenvalue weighted by molar-refractivity contribution is -0.539. The van der Waals surface area contributed by atoms with Crippen LogP contribution in [0.4, 0.5) is 0 Å². The zero-order valence-electron chi connectivity index (χ0n) is 52.5. The van der Waals surface area contributed by atoms with Crippen LogP contribution in [0.25, 0.3) is 0 Å². The number of nitrogens with zero attached hydrogens (tertiary/aromatic N) is 4. The predicted octanol–water partition coefficient (Wildman–Crippen LogP) is 3.54. The zero-order valence-corrected chi connectivity index (χ0v) is 52.5. The highest BCUT2D eigenvalue weighted by atomic mass is 16.4. The Labute approximate surface area is 517 Å². The molecular formula is C68H88N11O9+. The predicted molar refractivity (Wildman–Crippen MR) is 342 cm³/mol. The number of guanidine groups is 4. The number of nitrogens with two attached hydrogens (primary N) is 3. The Morgan fingerprint density at radius 3 is 1.17 bits per heavy atom. The van der Waals surface area contributed by atoms with Crippen LogP contribution < -0.4 is 48.4 Å². The highest BCUT2D eigenvalue weighted by molar-refractivity contribution is 6.10. The molecule has 0 saturated carbocycles. The van der Waals surface area contributed by atoms with Crippen LogP contribution in [-0.2, 0) is 14.4 Å². The summed E-state index contributed by atoms with van der Waals surface area (Å²) in [6.45, 7) is 17.8. The number of benzene rings is 6. The van der Waals surface area contributed by atoms with Crippen LogP contribution in [0.15, 0.2) is 169 Å². The van der Waals surface area contributed by atoms with E-state index in [0.29, 0.717) is 56.1 Å². The van der Waals surface area contributed by atoms with Crippen molar-refractivity contribution in [1.82, 2.24) is 26.2 Å². The largest absolute Gasteiger partial charge is 0.550 e. The smallest absolute Gasteiger partial charge is 0.354 e. The Morgan fingerprint density at radius 1 is 0.568 bits per heavy atom. The van der Waals surface area contributed by atoms with Crippen molar-refractivity contribution in [1.29, 1.82) is 0 Å². The Morgan fingerprint density at radius 2 is 0.898 bits per heavy atom. The van der Waals surface area contributed by atoms with Gasteiger partial charge in [-0.15, -0.1) is 0 Å². The van der Waals surface area contributed by atoms with Gasteiger partial charge in [-0.2, -0.15) is 0 Å². The molecule has 88 heavy (non-hydrogen) atoms. The third kappa shape index (κ3) is 25.3. The molecule has 8 rings (SSSR count). The summed E-state index contributed by atoms with van der Waals surface area (Å²) in [5.41, 5.74) is 14.2. The fraction of sp³-hybridized carbons (Fsp3) is 0.324. The summed E-state index contributed by atoms with van der Waals surface area (Å²) in [5, 5.41) is 48.6. The minimum absolute atomic E-state index is 0.0833. The van der Waals surface area contributed by atoms with Gasteiger partial charge in [-0.05, 0) is 69.5 Å². The maximum atomic E-state index is 12.2. The second kappa shape index (κ2) is 37.4. The van der Waals surface area contributed by atoms with E-state index in [1.54, 1.807) is 166 Å². The zero-order chi connectivity index (χ0) is 65.5. The molecule has 0 amide bonds. The van der Waals surface area contributed by atoms with Gasteiger partial charge in [0.25, 0.3) is 5.96 Å². The number of carbonyl (C=O) groups excluding carboxylic acids is 5. The fourth-order valence-corrected chi connectivity index (χ4v) is 8.47. The fourth-order valence-electron chi connectivity index (χ4n) is 8.47. The molecule has 0 spiro atoms. The van der Waals surface area contributed by atoms with Crippen LogP contribution in [-0.4, -0.2) is 145 Å². The summed E-state index contributed by atoms with van der Waals surface area (Å²) in [5.74, 6) is -2.63. The number of carboxylic acid groups (broad SMARTS) is 3. The Balaban J connectivity index is 0.000000286. The molecule has 0 bridgehead atoms. The first-order valence-electron chi connectivity index (χ1n) is 29.0. The molecule has 0 fully saturated rings. The van der Waals surface area contributed by atoms with Crippen molar-refractivity contribution in [3.8, 4) is 0 Å². The van der Waals surface area contributed by atoms with Crippen molar-refractivity contribution in [3.63, 3.8) is 0 Å². The van der Waals surface area contributed by atoms with Gasteiger partial charge in [0.15, 0.2) is 17.3 Å². The summed E-state index contributed by atoms with van der Waals surface area (Å²) < 4.78 is 4.42. The van der Waals surface area contributed by atoms with E-state index < -0.39 is 35.7 Å². The molecule has 20 heteroatoms. The van der Waals surface area contributed by atoms with Crippen LogP contribution in [0.1, 0.15) is 144 Å². The van der Waals surface area contributed by atoms with E-state index in [4.69, 9.17) is 5.11 Å². The SMILES string of the molecule is C1CNC2=[N+](C1)CCCN2.CC(C(=O)O)c1cccc(C(=O)c2ccccc2)c1.CC(C(=O)[O-])c1cccc(C(=O)c2ccccc2)c1.CC(C(=O)[O-])c1cccc(C(=O)c2ccccc2)c1.CC(C)N=C(NC(N(C)C)=[N+](C)C)NC(C)C.NC(N)=[NH2+]. The molecule has 0 aromatic heterocycles. The maximum Gasteiger partial charge on any atom is 0.354 e. The van der Waals surface area contributed by atoms with Crippen LogP contribution in [0.2, 0.25) is 0 Å². The molecule has 6 aromatic carbocycles. The first-order valence-corrected chi connectivity index (χ1v) is 29.0. The van der Waals surface area contributed by atoms with E-state index in [0.717, 1.165) is 25.0 Å². The molecule has 2 aliphatic rings. The first kappa shape index (κ1) is 72.3. The van der Waals surface area contributed by atoms with Crippen LogP contribution in [0.3, 0.4) is 0 Å². The van der Waals surface area contributed by atoms with Gasteiger partial charge in [0.1, 0.15) is 0 Å². The summed E-state index contributed by atoms with van der Waals surface area (Å²) in [6.07, 6.45) is 2.57. The molecule has 2 heterocycles. The lowest BCUT2D eigenvalue weighted by Gasteiger charge is -2.22. The van der Waals surface area contributed by atoms with Crippen molar-refractivity contribution in [3.05, 3.63) is 214 Å². The topological polar surface area (TPSA) is 316 Å². The van der Waals surface area contributed by atoms with Crippen molar-refractivity contribution in [2.75, 3.05) is 54.4 Å². The number of hydrogen-bond acceptors (Lipinski definition) is 11. The van der Waals surface area contributed by atoms with Crippen molar-refractivity contribution in [2.45, 2.75) is 91.1 Å². The maximum absolute atomic E-state index is 12.2. The summed E-state index contributed by atoms with van der Waals surface area (Å²) in [7, 11) is 8.02. The normalized spacial score (nSPS) is 13.0. The third-order valence-electron chi connectivity index (χ3n) is 13.1. The second-order valence-corrected chi connectivity index (χ2v) is 21.6. The summed E-state index contributed by atoms with van der Waals surface area (Å²) in [6, 6.07) is 47.4. The van der Waals surface area contributed by atoms with E-state index in [1.807, 2.05) is 55.9 Å². The van der Waals surface area contributed by atoms with Gasteiger partial charge < -0.3 is 30.2 Å². The Kier molecular flexibility index (Phi) is 30.8.